The first-order chi connectivity index (χ1) is 8.49. The average Bonchev–Trinajstić information content (AvgIpc) is 2.99. The van der Waals surface area contributed by atoms with Gasteiger partial charge in [0.1, 0.15) is 12.6 Å². The third-order valence-corrected chi connectivity index (χ3v) is 4.68. The van der Waals surface area contributed by atoms with E-state index < -0.39 is 8.07 Å². The Kier molecular flexibility index (Phi) is 9.13. The molecule has 0 heterocycles. The van der Waals surface area contributed by atoms with Crippen molar-refractivity contribution in [1.29, 1.82) is 0 Å². The van der Waals surface area contributed by atoms with Crippen molar-refractivity contribution in [2.75, 3.05) is 0 Å². The molecule has 0 unspecified atom stereocenters. The molecule has 2 saturated carbocycles. The standard InChI is InChI=1S/C9H13OSi.C6H5O.Fe/c1-11(2,3)9-6-4-5-8(9)7-10;7-5-6-3-1-2-4-6;/h4-7H,1-3H3;1-5H;/q;;+2. The molecule has 2 aliphatic carbocycles. The van der Waals surface area contributed by atoms with Crippen LogP contribution in [0.25, 0.3) is 0 Å². The van der Waals surface area contributed by atoms with Crippen molar-refractivity contribution in [1.82, 2.24) is 0 Å². The Morgan fingerprint density at radius 3 is 1.74 bits per heavy atom. The summed E-state index contributed by atoms with van der Waals surface area (Å²) in [6.45, 7) is 6.74. The Labute approximate surface area is 129 Å². The van der Waals surface area contributed by atoms with Crippen LogP contribution in [-0.4, -0.2) is 20.6 Å². The van der Waals surface area contributed by atoms with Crippen molar-refractivity contribution in [2.45, 2.75) is 19.6 Å². The zero-order chi connectivity index (χ0) is 13.6. The summed E-state index contributed by atoms with van der Waals surface area (Å²) >= 11 is 0. The van der Waals surface area contributed by atoms with Gasteiger partial charge in [0.05, 0.1) is 8.07 Å². The van der Waals surface area contributed by atoms with Gasteiger partial charge in [-0.1, -0.05) is 19.6 Å². The normalized spacial score (nSPS) is 21.4. The summed E-state index contributed by atoms with van der Waals surface area (Å²) < 4.78 is 0. The van der Waals surface area contributed by atoms with Crippen molar-refractivity contribution in [2.24, 2.45) is 0 Å². The smallest absolute Gasteiger partial charge is 0.303 e. The van der Waals surface area contributed by atoms with Gasteiger partial charge in [-0.15, -0.1) is 0 Å². The quantitative estimate of drug-likeness (QED) is 0.592. The molecule has 10 radical (unpaired) electrons. The molecule has 100 valence electrons. The van der Waals surface area contributed by atoms with Crippen molar-refractivity contribution < 1.29 is 26.7 Å². The van der Waals surface area contributed by atoms with E-state index in [1.54, 1.807) is 12.8 Å². The van der Waals surface area contributed by atoms with E-state index in [1.807, 2.05) is 25.7 Å². The Hall–Kier alpha value is 0.0764. The maximum Gasteiger partial charge on any atom is 2.00 e. The Morgan fingerprint density at radius 2 is 1.42 bits per heavy atom. The SMILES string of the molecule is C[Si](C)(C)[C]1[CH][CH][CH][C]1C=O.O=C[C]1[CH][CH][CH][CH]1.[Fe+2]. The van der Waals surface area contributed by atoms with Crippen molar-refractivity contribution in [3.8, 4) is 0 Å². The Morgan fingerprint density at radius 1 is 0.842 bits per heavy atom. The van der Waals surface area contributed by atoms with Crippen LogP contribution in [0.2, 0.25) is 19.6 Å². The fourth-order valence-electron chi connectivity index (χ4n) is 1.69. The number of carbonyl (C=O) groups excluding carboxylic acids is 2. The summed E-state index contributed by atoms with van der Waals surface area (Å²) in [5, 5.41) is 0. The molecular formula is C15H18FeO2Si+2. The molecule has 19 heavy (non-hydrogen) atoms. The molecule has 0 aromatic heterocycles. The van der Waals surface area contributed by atoms with Crippen LogP contribution in [0, 0.1) is 62.3 Å². The van der Waals surface area contributed by atoms with E-state index in [9.17, 15) is 9.59 Å². The number of aldehydes is 2. The second-order valence-corrected chi connectivity index (χ2v) is 10.1. The monoisotopic (exact) mass is 314 g/mol. The molecule has 4 heteroatoms. The summed E-state index contributed by atoms with van der Waals surface area (Å²) in [6, 6.07) is 0. The topological polar surface area (TPSA) is 34.1 Å². The van der Waals surface area contributed by atoms with Gasteiger partial charge < -0.3 is 9.59 Å². The third-order valence-electron chi connectivity index (χ3n) is 2.61. The van der Waals surface area contributed by atoms with Gasteiger partial charge >= 0.3 is 17.1 Å². The van der Waals surface area contributed by atoms with Crippen LogP contribution < -0.4 is 0 Å². The molecule has 2 aliphatic rings. The maximum absolute atomic E-state index is 10.6. The van der Waals surface area contributed by atoms with E-state index in [0.29, 0.717) is 0 Å². The maximum atomic E-state index is 10.6. The van der Waals surface area contributed by atoms with Gasteiger partial charge in [-0.2, -0.15) is 0 Å². The Bertz CT molecular complexity index is 270. The summed E-state index contributed by atoms with van der Waals surface area (Å²) in [6.07, 6.45) is 14.9. The van der Waals surface area contributed by atoms with Gasteiger partial charge in [0.25, 0.3) is 0 Å². The fourth-order valence-corrected chi connectivity index (χ4v) is 3.29. The van der Waals surface area contributed by atoms with Gasteiger partial charge in [-0.25, -0.2) is 0 Å². The molecule has 0 bridgehead atoms. The van der Waals surface area contributed by atoms with Gasteiger partial charge in [0, 0.05) is 11.8 Å². The second kappa shape index (κ2) is 9.09. The molecular weight excluding hydrogens is 296 g/mol. The number of rotatable bonds is 3. The second-order valence-electron chi connectivity index (χ2n) is 5.10. The minimum Gasteiger partial charge on any atom is -0.303 e. The molecule has 2 rings (SSSR count). The molecule has 0 aromatic carbocycles. The Balaban J connectivity index is 0.000000352. The number of carbonyl (C=O) groups is 2. The summed E-state index contributed by atoms with van der Waals surface area (Å²) in [5.41, 5.74) is 1.27. The molecule has 0 amide bonds. The fraction of sp³-hybridized carbons (Fsp3) is 0.200. The largest absolute Gasteiger partial charge is 2.00 e. The summed E-state index contributed by atoms with van der Waals surface area (Å²) in [7, 11) is -1.28. The van der Waals surface area contributed by atoms with Crippen LogP contribution in [0.5, 0.6) is 0 Å². The number of hydrogen-bond acceptors (Lipinski definition) is 2. The van der Waals surface area contributed by atoms with E-state index >= 15 is 0 Å². The zero-order valence-electron chi connectivity index (χ0n) is 11.4. The minimum absolute atomic E-state index is 0. The van der Waals surface area contributed by atoms with Crippen LogP contribution in [0.15, 0.2) is 0 Å². The van der Waals surface area contributed by atoms with Gasteiger partial charge in [0.2, 0.25) is 0 Å². The van der Waals surface area contributed by atoms with Gasteiger partial charge in [0.15, 0.2) is 0 Å². The molecule has 0 saturated heterocycles. The molecule has 2 nitrogen and oxygen atoms in total. The van der Waals surface area contributed by atoms with Crippen LogP contribution in [-0.2, 0) is 26.7 Å². The summed E-state index contributed by atoms with van der Waals surface area (Å²) in [4.78, 5) is 20.4. The van der Waals surface area contributed by atoms with Crippen molar-refractivity contribution in [3.63, 3.8) is 0 Å². The van der Waals surface area contributed by atoms with Crippen LogP contribution in [0.4, 0.5) is 0 Å². The van der Waals surface area contributed by atoms with E-state index in [-0.39, 0.29) is 17.1 Å². The van der Waals surface area contributed by atoms with Gasteiger partial charge in [-0.05, 0) is 50.5 Å². The zero-order valence-corrected chi connectivity index (χ0v) is 13.5. The first-order valence-electron chi connectivity index (χ1n) is 5.87. The van der Waals surface area contributed by atoms with Crippen LogP contribution in [0.1, 0.15) is 0 Å². The van der Waals surface area contributed by atoms with E-state index in [4.69, 9.17) is 0 Å². The van der Waals surface area contributed by atoms with Crippen LogP contribution in [0.3, 0.4) is 0 Å². The first kappa shape index (κ1) is 19.1. The third kappa shape index (κ3) is 6.37. The summed E-state index contributed by atoms with van der Waals surface area (Å²) in [5.74, 6) is 1.63. The number of hydrogen-bond donors (Lipinski definition) is 0. The molecule has 0 spiro atoms. The van der Waals surface area contributed by atoms with E-state index in [0.717, 1.165) is 24.4 Å². The molecule has 2 fully saturated rings. The molecule has 0 atom stereocenters. The first-order valence-corrected chi connectivity index (χ1v) is 9.37. The minimum atomic E-state index is -1.28. The van der Waals surface area contributed by atoms with Crippen molar-refractivity contribution in [3.05, 3.63) is 62.3 Å². The molecule has 0 N–H and O–H groups in total. The van der Waals surface area contributed by atoms with Gasteiger partial charge in [-0.3, -0.25) is 0 Å². The predicted octanol–water partition coefficient (Wildman–Crippen LogP) is 2.43. The van der Waals surface area contributed by atoms with E-state index in [1.165, 1.54) is 5.54 Å². The molecule has 0 aromatic rings. The van der Waals surface area contributed by atoms with E-state index in [2.05, 4.69) is 26.1 Å². The van der Waals surface area contributed by atoms with Crippen LogP contribution >= 0.6 is 0 Å². The predicted molar refractivity (Wildman–Crippen MR) is 75.3 cm³/mol. The average molecular weight is 314 g/mol. The molecule has 0 aliphatic heterocycles. The van der Waals surface area contributed by atoms with Crippen molar-refractivity contribution >= 4 is 20.6 Å².